The maximum Gasteiger partial charge on any atom is 0.211 e. The molecule has 2 N–H and O–H groups in total. The van der Waals surface area contributed by atoms with Gasteiger partial charge in [-0.05, 0) is 44.4 Å². The summed E-state index contributed by atoms with van der Waals surface area (Å²) < 4.78 is 24.7. The van der Waals surface area contributed by atoms with Gasteiger partial charge in [-0.1, -0.05) is 0 Å². The van der Waals surface area contributed by atoms with Gasteiger partial charge >= 0.3 is 0 Å². The van der Waals surface area contributed by atoms with E-state index in [2.05, 4.69) is 0 Å². The van der Waals surface area contributed by atoms with Gasteiger partial charge in [-0.25, -0.2) is 12.7 Å². The van der Waals surface area contributed by atoms with Crippen molar-refractivity contribution in [3.8, 4) is 0 Å². The number of hydrogen-bond donors (Lipinski definition) is 1. The zero-order valence-electron chi connectivity index (χ0n) is 12.3. The van der Waals surface area contributed by atoms with Gasteiger partial charge in [0, 0.05) is 31.5 Å². The lowest BCUT2D eigenvalue weighted by molar-refractivity contribution is -0.125. The first kappa shape index (κ1) is 15.9. The Morgan fingerprint density at radius 1 is 1.20 bits per heavy atom. The molecule has 2 aliphatic rings. The van der Waals surface area contributed by atoms with Gasteiger partial charge in [0.1, 0.15) is 5.78 Å². The fraction of sp³-hybridized carbons (Fsp3) is 0.929. The predicted octanol–water partition coefficient (Wildman–Crippen LogP) is 1.13. The Balaban J connectivity index is 1.85. The van der Waals surface area contributed by atoms with Crippen molar-refractivity contribution in [2.75, 3.05) is 19.3 Å². The number of ketones is 1. The van der Waals surface area contributed by atoms with Gasteiger partial charge in [0.15, 0.2) is 0 Å². The molecule has 1 aliphatic carbocycles. The fourth-order valence-electron chi connectivity index (χ4n) is 3.39. The van der Waals surface area contributed by atoms with Crippen LogP contribution in [0.15, 0.2) is 0 Å². The van der Waals surface area contributed by atoms with E-state index in [9.17, 15) is 13.2 Å². The van der Waals surface area contributed by atoms with E-state index in [-0.39, 0.29) is 17.9 Å². The number of nitrogens with two attached hydrogens (primary N) is 1. The Kier molecular flexibility index (Phi) is 5.20. The molecule has 0 amide bonds. The molecule has 116 valence electrons. The van der Waals surface area contributed by atoms with Gasteiger partial charge < -0.3 is 5.73 Å². The highest BCUT2D eigenvalue weighted by atomic mass is 32.2. The van der Waals surface area contributed by atoms with Crippen molar-refractivity contribution < 1.29 is 13.2 Å². The molecule has 0 aromatic rings. The maximum atomic E-state index is 12.3. The first-order chi connectivity index (χ1) is 9.36. The topological polar surface area (TPSA) is 80.5 Å². The molecule has 1 saturated heterocycles. The summed E-state index contributed by atoms with van der Waals surface area (Å²) in [5, 5.41) is 0. The average molecular weight is 302 g/mol. The highest BCUT2D eigenvalue weighted by Gasteiger charge is 2.30. The van der Waals surface area contributed by atoms with Crippen LogP contribution in [0.1, 0.15) is 44.9 Å². The van der Waals surface area contributed by atoms with E-state index in [1.165, 1.54) is 10.6 Å². The van der Waals surface area contributed by atoms with Crippen LogP contribution in [0.25, 0.3) is 0 Å². The number of nitrogens with zero attached hydrogens (tertiary/aromatic N) is 1. The van der Waals surface area contributed by atoms with Gasteiger partial charge in [0.2, 0.25) is 10.0 Å². The molecule has 2 fully saturated rings. The lowest BCUT2D eigenvalue weighted by Crippen LogP contribution is -2.40. The van der Waals surface area contributed by atoms with Crippen LogP contribution in [0.2, 0.25) is 0 Å². The second-order valence-corrected chi connectivity index (χ2v) is 8.39. The lowest BCUT2D eigenvalue weighted by atomic mass is 9.80. The Morgan fingerprint density at radius 2 is 1.85 bits per heavy atom. The fourth-order valence-corrected chi connectivity index (χ4v) is 4.33. The minimum atomic E-state index is -3.12. The summed E-state index contributed by atoms with van der Waals surface area (Å²) in [6.07, 6.45) is 7.30. The molecule has 1 unspecified atom stereocenters. The molecule has 0 aromatic heterocycles. The average Bonchev–Trinajstić information content (AvgIpc) is 2.38. The van der Waals surface area contributed by atoms with Crippen molar-refractivity contribution in [3.05, 3.63) is 0 Å². The third kappa shape index (κ3) is 4.27. The molecule has 0 radical (unpaired) electrons. The minimum Gasteiger partial charge on any atom is -0.328 e. The highest BCUT2D eigenvalue weighted by molar-refractivity contribution is 7.88. The summed E-state index contributed by atoms with van der Waals surface area (Å²) in [5.74, 6) is 0.669. The number of piperidine rings is 1. The molecule has 2 rings (SSSR count). The number of rotatable bonds is 4. The molecule has 0 aromatic carbocycles. The number of carbonyl (C=O) groups excluding carboxylic acids is 1. The molecule has 5 nitrogen and oxygen atoms in total. The molecule has 1 atom stereocenters. The molecular formula is C14H26N2O3S. The van der Waals surface area contributed by atoms with Crippen LogP contribution < -0.4 is 5.73 Å². The van der Waals surface area contributed by atoms with Crippen molar-refractivity contribution in [1.82, 2.24) is 4.31 Å². The van der Waals surface area contributed by atoms with Crippen LogP contribution in [0.3, 0.4) is 0 Å². The quantitative estimate of drug-likeness (QED) is 0.844. The van der Waals surface area contributed by atoms with Crippen LogP contribution in [0, 0.1) is 11.8 Å². The maximum absolute atomic E-state index is 12.3. The zero-order chi connectivity index (χ0) is 14.8. The summed E-state index contributed by atoms with van der Waals surface area (Å²) >= 11 is 0. The van der Waals surface area contributed by atoms with E-state index in [1.807, 2.05) is 0 Å². The number of sulfonamides is 1. The highest BCUT2D eigenvalue weighted by Crippen LogP contribution is 2.28. The molecule has 1 heterocycles. The van der Waals surface area contributed by atoms with E-state index in [0.717, 1.165) is 38.5 Å². The van der Waals surface area contributed by atoms with Crippen molar-refractivity contribution in [3.63, 3.8) is 0 Å². The number of hydrogen-bond acceptors (Lipinski definition) is 4. The smallest absolute Gasteiger partial charge is 0.211 e. The predicted molar refractivity (Wildman–Crippen MR) is 78.7 cm³/mol. The summed E-state index contributed by atoms with van der Waals surface area (Å²) in [5.41, 5.74) is 5.86. The Hall–Kier alpha value is -0.460. The summed E-state index contributed by atoms with van der Waals surface area (Å²) in [6, 6.07) is 0.259. The first-order valence-corrected chi connectivity index (χ1v) is 9.44. The normalized spacial score (nSPS) is 33.0. The summed E-state index contributed by atoms with van der Waals surface area (Å²) in [6.45, 7) is 1.11. The monoisotopic (exact) mass is 302 g/mol. The van der Waals surface area contributed by atoms with Crippen molar-refractivity contribution in [2.45, 2.75) is 51.0 Å². The van der Waals surface area contributed by atoms with Gasteiger partial charge in [0.05, 0.1) is 6.26 Å². The molecule has 0 spiro atoms. The van der Waals surface area contributed by atoms with Gasteiger partial charge in [-0.3, -0.25) is 4.79 Å². The molecular weight excluding hydrogens is 276 g/mol. The van der Waals surface area contributed by atoms with E-state index in [0.29, 0.717) is 25.3 Å². The Morgan fingerprint density at radius 3 is 2.45 bits per heavy atom. The van der Waals surface area contributed by atoms with Gasteiger partial charge in [0.25, 0.3) is 0 Å². The second kappa shape index (κ2) is 6.54. The van der Waals surface area contributed by atoms with Crippen LogP contribution in [-0.2, 0) is 14.8 Å². The van der Waals surface area contributed by atoms with E-state index in [1.54, 1.807) is 0 Å². The summed E-state index contributed by atoms with van der Waals surface area (Å²) in [7, 11) is -3.12. The molecule has 6 heteroatoms. The van der Waals surface area contributed by atoms with Crippen LogP contribution in [0.4, 0.5) is 0 Å². The number of carbonyl (C=O) groups is 1. The first-order valence-electron chi connectivity index (χ1n) is 7.59. The van der Waals surface area contributed by atoms with Crippen LogP contribution in [-0.4, -0.2) is 43.9 Å². The molecule has 1 saturated carbocycles. The zero-order valence-corrected chi connectivity index (χ0v) is 13.1. The largest absolute Gasteiger partial charge is 0.328 e. The van der Waals surface area contributed by atoms with Crippen LogP contribution in [0.5, 0.6) is 0 Å². The minimum absolute atomic E-state index is 0.156. The third-order valence-corrected chi connectivity index (χ3v) is 5.94. The Bertz CT molecular complexity index is 441. The SMILES string of the molecule is CS(=O)(=O)N1CCCC(CC(=O)C2CCC(N)CC2)C1. The van der Waals surface area contributed by atoms with E-state index >= 15 is 0 Å². The van der Waals surface area contributed by atoms with E-state index < -0.39 is 10.0 Å². The molecule has 1 aliphatic heterocycles. The van der Waals surface area contributed by atoms with Crippen molar-refractivity contribution >= 4 is 15.8 Å². The van der Waals surface area contributed by atoms with Gasteiger partial charge in [-0.15, -0.1) is 0 Å². The van der Waals surface area contributed by atoms with E-state index in [4.69, 9.17) is 5.73 Å². The Labute approximate surface area is 121 Å². The lowest BCUT2D eigenvalue weighted by Gasteiger charge is -2.32. The number of Topliss-reactive ketones (excluding diaryl/α,β-unsaturated/α-hetero) is 1. The molecule has 20 heavy (non-hydrogen) atoms. The van der Waals surface area contributed by atoms with Crippen molar-refractivity contribution in [1.29, 1.82) is 0 Å². The van der Waals surface area contributed by atoms with Gasteiger partial charge in [-0.2, -0.15) is 0 Å². The molecule has 0 bridgehead atoms. The van der Waals surface area contributed by atoms with Crippen molar-refractivity contribution in [2.24, 2.45) is 17.6 Å². The summed E-state index contributed by atoms with van der Waals surface area (Å²) in [4.78, 5) is 12.3. The van der Waals surface area contributed by atoms with Crippen LogP contribution >= 0.6 is 0 Å². The second-order valence-electron chi connectivity index (χ2n) is 6.41. The standard InChI is InChI=1S/C14H26N2O3S/c1-20(18,19)16-8-2-3-11(10-16)9-14(17)12-4-6-13(15)7-5-12/h11-13H,2-10,15H2,1H3. The third-order valence-electron chi connectivity index (χ3n) is 4.67.